The number of hydrogen-bond donors (Lipinski definition) is 0. The van der Waals surface area contributed by atoms with Gasteiger partial charge in [-0.1, -0.05) is 66.7 Å². The zero-order chi connectivity index (χ0) is 22.7. The van der Waals surface area contributed by atoms with Crippen LogP contribution in [0.15, 0.2) is 24.6 Å². The Morgan fingerprint density at radius 3 is 1.07 bits per heavy atom. The van der Waals surface area contributed by atoms with Gasteiger partial charge in [-0.25, -0.2) is 0 Å². The summed E-state index contributed by atoms with van der Waals surface area (Å²) in [4.78, 5) is 0. The van der Waals surface area contributed by atoms with Crippen LogP contribution in [-0.4, -0.2) is 43.5 Å². The average Bonchev–Trinajstić information content (AvgIpc) is 2.76. The van der Waals surface area contributed by atoms with Crippen molar-refractivity contribution in [2.45, 2.75) is 104 Å². The standard InChI is InChI=1S/C24H50O4Si2/c1-8-15-20-25-29(13-6,26-21-16-9-2)24(19-12-5)30(14-7,27-22-17-10-3)28-23-18-11-4/h13-14,24H,6-12,15-23H2,1-5H3. The normalized spacial score (nSPS) is 12.5. The molecule has 0 aliphatic rings. The van der Waals surface area contributed by atoms with Gasteiger partial charge in [0.25, 0.3) is 0 Å². The van der Waals surface area contributed by atoms with E-state index in [1.54, 1.807) is 0 Å². The molecule has 0 heterocycles. The molecule has 0 aromatic heterocycles. The summed E-state index contributed by atoms with van der Waals surface area (Å²) in [5, 5.41) is 0.0902. The molecule has 0 aliphatic heterocycles. The van der Waals surface area contributed by atoms with E-state index in [0.29, 0.717) is 26.4 Å². The van der Waals surface area contributed by atoms with E-state index >= 15 is 0 Å². The predicted molar refractivity (Wildman–Crippen MR) is 134 cm³/mol. The average molecular weight is 459 g/mol. The largest absolute Gasteiger partial charge is 0.391 e. The molecule has 0 N–H and O–H groups in total. The number of hydrogen-bond acceptors (Lipinski definition) is 4. The van der Waals surface area contributed by atoms with E-state index < -0.39 is 17.1 Å². The van der Waals surface area contributed by atoms with Crippen molar-refractivity contribution in [2.24, 2.45) is 0 Å². The Bertz CT molecular complexity index is 375. The van der Waals surface area contributed by atoms with Crippen LogP contribution in [-0.2, 0) is 17.7 Å². The lowest BCUT2D eigenvalue weighted by Gasteiger charge is -2.43. The third-order valence-corrected chi connectivity index (χ3v) is 14.1. The van der Waals surface area contributed by atoms with Gasteiger partial charge in [-0.3, -0.25) is 0 Å². The van der Waals surface area contributed by atoms with Gasteiger partial charge in [-0.2, -0.15) is 0 Å². The molecule has 0 rings (SSSR count). The first-order chi connectivity index (χ1) is 14.6. The van der Waals surface area contributed by atoms with Gasteiger partial charge in [0.1, 0.15) is 0 Å². The molecule has 30 heavy (non-hydrogen) atoms. The highest BCUT2D eigenvalue weighted by Crippen LogP contribution is 2.41. The van der Waals surface area contributed by atoms with Crippen LogP contribution in [0, 0.1) is 0 Å². The summed E-state index contributed by atoms with van der Waals surface area (Å²) in [7, 11) is -5.53. The summed E-state index contributed by atoms with van der Waals surface area (Å²) in [6.45, 7) is 22.2. The van der Waals surface area contributed by atoms with Crippen molar-refractivity contribution in [1.82, 2.24) is 0 Å². The van der Waals surface area contributed by atoms with Crippen molar-refractivity contribution in [1.29, 1.82) is 0 Å². The van der Waals surface area contributed by atoms with E-state index in [-0.39, 0.29) is 5.16 Å². The molecule has 178 valence electrons. The third kappa shape index (κ3) is 9.92. The highest BCUT2D eigenvalue weighted by Gasteiger charge is 2.58. The summed E-state index contributed by atoms with van der Waals surface area (Å²) in [5.74, 6) is 0. The fourth-order valence-corrected chi connectivity index (χ4v) is 12.7. The van der Waals surface area contributed by atoms with Crippen LogP contribution in [0.4, 0.5) is 0 Å². The zero-order valence-corrected chi connectivity index (χ0v) is 22.7. The Kier molecular flexibility index (Phi) is 18.2. The maximum Gasteiger partial charge on any atom is 0.369 e. The summed E-state index contributed by atoms with van der Waals surface area (Å²) in [5.41, 5.74) is 3.99. The highest BCUT2D eigenvalue weighted by molar-refractivity contribution is 6.92. The molecule has 0 aromatic carbocycles. The minimum absolute atomic E-state index is 0.0902. The second-order valence-corrected chi connectivity index (χ2v) is 14.8. The van der Waals surface area contributed by atoms with E-state index in [0.717, 1.165) is 64.2 Å². The van der Waals surface area contributed by atoms with Crippen molar-refractivity contribution >= 4 is 17.1 Å². The lowest BCUT2D eigenvalue weighted by molar-refractivity contribution is 0.140. The van der Waals surface area contributed by atoms with Crippen LogP contribution in [0.2, 0.25) is 5.16 Å². The Balaban J connectivity index is 6.09. The second-order valence-electron chi connectivity index (χ2n) is 8.00. The minimum atomic E-state index is -2.77. The summed E-state index contributed by atoms with van der Waals surface area (Å²) in [6, 6.07) is 0. The van der Waals surface area contributed by atoms with Gasteiger partial charge >= 0.3 is 17.1 Å². The first-order valence-electron chi connectivity index (χ1n) is 12.4. The lowest BCUT2D eigenvalue weighted by Crippen LogP contribution is -2.60. The van der Waals surface area contributed by atoms with E-state index in [4.69, 9.17) is 17.7 Å². The van der Waals surface area contributed by atoms with Crippen molar-refractivity contribution in [3.05, 3.63) is 24.6 Å². The molecular formula is C24H50O4Si2. The molecular weight excluding hydrogens is 408 g/mol. The Labute approximate surface area is 189 Å². The van der Waals surface area contributed by atoms with Crippen LogP contribution < -0.4 is 0 Å². The molecule has 0 radical (unpaired) electrons. The number of unbranched alkanes of at least 4 members (excludes halogenated alkanes) is 4. The van der Waals surface area contributed by atoms with E-state index in [1.165, 1.54) is 0 Å². The van der Waals surface area contributed by atoms with Crippen LogP contribution >= 0.6 is 0 Å². The van der Waals surface area contributed by atoms with E-state index in [1.807, 2.05) is 11.4 Å². The zero-order valence-electron chi connectivity index (χ0n) is 20.7. The van der Waals surface area contributed by atoms with Gasteiger partial charge in [0.2, 0.25) is 0 Å². The fourth-order valence-electron chi connectivity index (χ4n) is 3.48. The quantitative estimate of drug-likeness (QED) is 0.126. The van der Waals surface area contributed by atoms with Crippen molar-refractivity contribution in [2.75, 3.05) is 26.4 Å². The van der Waals surface area contributed by atoms with Gasteiger partial charge in [0.15, 0.2) is 0 Å². The Hall–Kier alpha value is -0.246. The molecule has 6 heteroatoms. The smallest absolute Gasteiger partial charge is 0.369 e. The topological polar surface area (TPSA) is 36.9 Å². The monoisotopic (exact) mass is 458 g/mol. The van der Waals surface area contributed by atoms with Crippen LogP contribution in [0.3, 0.4) is 0 Å². The predicted octanol–water partition coefficient (Wildman–Crippen LogP) is 7.30. The lowest BCUT2D eigenvalue weighted by atomic mass is 10.4. The van der Waals surface area contributed by atoms with Gasteiger partial charge in [0, 0.05) is 26.4 Å². The molecule has 0 saturated carbocycles. The minimum Gasteiger partial charge on any atom is -0.391 e. The molecule has 0 spiro atoms. The summed E-state index contributed by atoms with van der Waals surface area (Å²) >= 11 is 0. The van der Waals surface area contributed by atoms with Crippen LogP contribution in [0.5, 0.6) is 0 Å². The molecule has 0 aliphatic carbocycles. The Morgan fingerprint density at radius 2 is 0.867 bits per heavy atom. The van der Waals surface area contributed by atoms with Gasteiger partial charge < -0.3 is 17.7 Å². The summed E-state index contributed by atoms with van der Waals surface area (Å²) < 4.78 is 26.5. The highest BCUT2D eigenvalue weighted by atomic mass is 28.4. The first-order valence-corrected chi connectivity index (χ1v) is 16.3. The SMILES string of the molecule is C=C[Si](OCCCC)(OCCCC)C(CCC)[Si](C=C)(OCCCC)OCCCC. The maximum atomic E-state index is 6.63. The van der Waals surface area contributed by atoms with Gasteiger partial charge in [0.05, 0.1) is 5.16 Å². The second kappa shape index (κ2) is 18.3. The van der Waals surface area contributed by atoms with Crippen LogP contribution in [0.25, 0.3) is 0 Å². The third-order valence-electron chi connectivity index (χ3n) is 5.42. The van der Waals surface area contributed by atoms with Crippen molar-refractivity contribution in [3.8, 4) is 0 Å². The molecule has 0 unspecified atom stereocenters. The number of rotatable bonds is 22. The molecule has 0 aromatic rings. The fraction of sp³-hybridized carbons (Fsp3) is 0.833. The van der Waals surface area contributed by atoms with E-state index in [2.05, 4.69) is 47.8 Å². The molecule has 0 atom stereocenters. The van der Waals surface area contributed by atoms with Crippen LogP contribution in [0.1, 0.15) is 98.8 Å². The molecule has 0 bridgehead atoms. The van der Waals surface area contributed by atoms with Gasteiger partial charge in [-0.05, 0) is 43.5 Å². The molecule has 0 amide bonds. The van der Waals surface area contributed by atoms with E-state index in [9.17, 15) is 0 Å². The van der Waals surface area contributed by atoms with Gasteiger partial charge in [-0.15, -0.1) is 13.2 Å². The Morgan fingerprint density at radius 1 is 0.567 bits per heavy atom. The molecule has 0 saturated heterocycles. The summed E-state index contributed by atoms with van der Waals surface area (Å²) in [6.07, 6.45) is 10.5. The van der Waals surface area contributed by atoms with Crippen molar-refractivity contribution < 1.29 is 17.7 Å². The molecule has 0 fully saturated rings. The molecule has 4 nitrogen and oxygen atoms in total. The maximum absolute atomic E-state index is 6.63. The first kappa shape index (κ1) is 29.8. The van der Waals surface area contributed by atoms with Crippen molar-refractivity contribution in [3.63, 3.8) is 0 Å².